The molecule has 1 aromatic carbocycles. The second-order valence-electron chi connectivity index (χ2n) is 4.85. The van der Waals surface area contributed by atoms with E-state index in [1.807, 2.05) is 0 Å². The van der Waals surface area contributed by atoms with Gasteiger partial charge in [-0.05, 0) is 31.7 Å². The van der Waals surface area contributed by atoms with E-state index in [1.165, 1.54) is 29.1 Å². The molecule has 0 spiro atoms. The average Bonchev–Trinajstić information content (AvgIpc) is 2.83. The molecule has 1 fully saturated rings. The standard InChI is InChI=1S/C14H22N2S/c1-11-4-3-5-12(8-11)14(9-15)16(2)13-6-7-17-10-13/h3-5,8,13-14H,6-7,9-10,15H2,1-2H3. The summed E-state index contributed by atoms with van der Waals surface area (Å²) in [5, 5.41) is 0. The number of benzene rings is 1. The molecule has 0 amide bonds. The summed E-state index contributed by atoms with van der Waals surface area (Å²) in [5.41, 5.74) is 8.64. The Kier molecular flexibility index (Phi) is 4.48. The van der Waals surface area contributed by atoms with Crippen molar-refractivity contribution in [3.63, 3.8) is 0 Å². The van der Waals surface area contributed by atoms with Crippen LogP contribution >= 0.6 is 11.8 Å². The number of nitrogens with two attached hydrogens (primary N) is 1. The number of hydrogen-bond donors (Lipinski definition) is 1. The number of nitrogens with zero attached hydrogens (tertiary/aromatic N) is 1. The van der Waals surface area contributed by atoms with Crippen molar-refractivity contribution in [2.75, 3.05) is 25.1 Å². The van der Waals surface area contributed by atoms with Crippen molar-refractivity contribution in [3.8, 4) is 0 Å². The van der Waals surface area contributed by atoms with Gasteiger partial charge in [0.15, 0.2) is 0 Å². The largest absolute Gasteiger partial charge is 0.329 e. The second-order valence-corrected chi connectivity index (χ2v) is 6.00. The van der Waals surface area contributed by atoms with E-state index in [0.29, 0.717) is 18.6 Å². The Bertz CT molecular complexity index is 361. The van der Waals surface area contributed by atoms with Crippen molar-refractivity contribution in [1.82, 2.24) is 4.90 Å². The Balaban J connectivity index is 2.14. The Morgan fingerprint density at radius 1 is 1.53 bits per heavy atom. The maximum Gasteiger partial charge on any atom is 0.0470 e. The van der Waals surface area contributed by atoms with Gasteiger partial charge in [0.25, 0.3) is 0 Å². The molecule has 2 atom stereocenters. The SMILES string of the molecule is Cc1cccc(C(CN)N(C)C2CCSC2)c1. The van der Waals surface area contributed by atoms with Crippen molar-refractivity contribution >= 4 is 11.8 Å². The first kappa shape index (κ1) is 12.9. The highest BCUT2D eigenvalue weighted by atomic mass is 32.2. The Morgan fingerprint density at radius 2 is 2.35 bits per heavy atom. The topological polar surface area (TPSA) is 29.3 Å². The number of aryl methyl sites for hydroxylation is 1. The summed E-state index contributed by atoms with van der Waals surface area (Å²) in [6.07, 6.45) is 1.30. The lowest BCUT2D eigenvalue weighted by Crippen LogP contribution is -2.38. The minimum absolute atomic E-state index is 0.360. The number of likely N-dealkylation sites (N-methyl/N-ethyl adjacent to an activating group) is 1. The molecule has 1 heterocycles. The van der Waals surface area contributed by atoms with Gasteiger partial charge in [0.05, 0.1) is 0 Å². The second kappa shape index (κ2) is 5.89. The average molecular weight is 250 g/mol. The molecule has 1 aliphatic heterocycles. The van der Waals surface area contributed by atoms with Gasteiger partial charge in [-0.1, -0.05) is 29.8 Å². The van der Waals surface area contributed by atoms with Gasteiger partial charge in [-0.3, -0.25) is 4.90 Å². The fourth-order valence-corrected chi connectivity index (χ4v) is 3.79. The van der Waals surface area contributed by atoms with Crippen LogP contribution in [-0.4, -0.2) is 36.0 Å². The quantitative estimate of drug-likeness (QED) is 0.890. The van der Waals surface area contributed by atoms with E-state index >= 15 is 0 Å². The highest BCUT2D eigenvalue weighted by Crippen LogP contribution is 2.28. The Labute approximate surface area is 109 Å². The summed E-state index contributed by atoms with van der Waals surface area (Å²) in [7, 11) is 2.22. The van der Waals surface area contributed by atoms with E-state index in [2.05, 4.69) is 54.9 Å². The molecule has 17 heavy (non-hydrogen) atoms. The van der Waals surface area contributed by atoms with Crippen LogP contribution in [0.5, 0.6) is 0 Å². The molecule has 0 bridgehead atoms. The van der Waals surface area contributed by atoms with Crippen LogP contribution in [0.15, 0.2) is 24.3 Å². The first-order chi connectivity index (χ1) is 8.22. The van der Waals surface area contributed by atoms with Crippen molar-refractivity contribution in [2.24, 2.45) is 5.73 Å². The van der Waals surface area contributed by atoms with Crippen LogP contribution in [0.2, 0.25) is 0 Å². The van der Waals surface area contributed by atoms with Gasteiger partial charge < -0.3 is 5.73 Å². The molecule has 1 aliphatic rings. The number of thioether (sulfide) groups is 1. The van der Waals surface area contributed by atoms with Gasteiger partial charge in [0.1, 0.15) is 0 Å². The molecule has 0 aromatic heterocycles. The molecular formula is C14H22N2S. The third-order valence-electron chi connectivity index (χ3n) is 3.62. The molecule has 2 nitrogen and oxygen atoms in total. The molecule has 2 unspecified atom stereocenters. The summed E-state index contributed by atoms with van der Waals surface area (Å²) in [6, 6.07) is 9.78. The van der Waals surface area contributed by atoms with E-state index in [4.69, 9.17) is 5.73 Å². The zero-order valence-electron chi connectivity index (χ0n) is 10.7. The number of rotatable bonds is 4. The summed E-state index contributed by atoms with van der Waals surface area (Å²) in [6.45, 7) is 2.84. The maximum atomic E-state index is 5.97. The van der Waals surface area contributed by atoms with Gasteiger partial charge >= 0.3 is 0 Å². The summed E-state index contributed by atoms with van der Waals surface area (Å²) < 4.78 is 0. The first-order valence-corrected chi connectivity index (χ1v) is 7.44. The minimum atomic E-state index is 0.360. The third kappa shape index (κ3) is 3.03. The van der Waals surface area contributed by atoms with E-state index in [0.717, 1.165) is 0 Å². The number of hydrogen-bond acceptors (Lipinski definition) is 3. The fraction of sp³-hybridized carbons (Fsp3) is 0.571. The van der Waals surface area contributed by atoms with Crippen LogP contribution in [0.3, 0.4) is 0 Å². The van der Waals surface area contributed by atoms with Gasteiger partial charge in [0, 0.05) is 24.4 Å². The van der Waals surface area contributed by atoms with Gasteiger partial charge in [0.2, 0.25) is 0 Å². The normalized spacial score (nSPS) is 22.0. The molecule has 1 saturated heterocycles. The zero-order chi connectivity index (χ0) is 12.3. The predicted molar refractivity (Wildman–Crippen MR) is 76.5 cm³/mol. The molecule has 0 aliphatic carbocycles. The van der Waals surface area contributed by atoms with Crippen molar-refractivity contribution < 1.29 is 0 Å². The highest BCUT2D eigenvalue weighted by Gasteiger charge is 2.26. The van der Waals surface area contributed by atoms with E-state index < -0.39 is 0 Å². The van der Waals surface area contributed by atoms with Crippen LogP contribution < -0.4 is 5.73 Å². The van der Waals surface area contributed by atoms with Crippen LogP contribution in [0.1, 0.15) is 23.6 Å². The van der Waals surface area contributed by atoms with Crippen LogP contribution in [0, 0.1) is 6.92 Å². The zero-order valence-corrected chi connectivity index (χ0v) is 11.5. The molecular weight excluding hydrogens is 228 g/mol. The Morgan fingerprint density at radius 3 is 2.94 bits per heavy atom. The molecule has 1 aromatic rings. The molecule has 0 saturated carbocycles. The van der Waals surface area contributed by atoms with E-state index in [1.54, 1.807) is 0 Å². The minimum Gasteiger partial charge on any atom is -0.329 e. The van der Waals surface area contributed by atoms with E-state index in [9.17, 15) is 0 Å². The maximum absolute atomic E-state index is 5.97. The summed E-state index contributed by atoms with van der Waals surface area (Å²) in [5.74, 6) is 2.54. The van der Waals surface area contributed by atoms with Crippen molar-refractivity contribution in [3.05, 3.63) is 35.4 Å². The fourth-order valence-electron chi connectivity index (χ4n) is 2.51. The monoisotopic (exact) mass is 250 g/mol. The van der Waals surface area contributed by atoms with Crippen LogP contribution in [0.4, 0.5) is 0 Å². The van der Waals surface area contributed by atoms with Crippen molar-refractivity contribution in [2.45, 2.75) is 25.4 Å². The van der Waals surface area contributed by atoms with E-state index in [-0.39, 0.29) is 0 Å². The lowest BCUT2D eigenvalue weighted by molar-refractivity contribution is 0.193. The van der Waals surface area contributed by atoms with Crippen LogP contribution in [0.25, 0.3) is 0 Å². The predicted octanol–water partition coefficient (Wildman–Crippen LogP) is 2.43. The summed E-state index contributed by atoms with van der Waals surface area (Å²) in [4.78, 5) is 2.47. The first-order valence-electron chi connectivity index (χ1n) is 6.28. The molecule has 0 radical (unpaired) electrons. The van der Waals surface area contributed by atoms with Crippen molar-refractivity contribution in [1.29, 1.82) is 0 Å². The lowest BCUT2D eigenvalue weighted by Gasteiger charge is -2.32. The molecule has 94 valence electrons. The molecule has 2 rings (SSSR count). The Hall–Kier alpha value is -0.510. The van der Waals surface area contributed by atoms with Gasteiger partial charge in [-0.25, -0.2) is 0 Å². The highest BCUT2D eigenvalue weighted by molar-refractivity contribution is 7.99. The summed E-state index contributed by atoms with van der Waals surface area (Å²) >= 11 is 2.05. The van der Waals surface area contributed by atoms with Gasteiger partial charge in [-0.2, -0.15) is 11.8 Å². The molecule has 2 N–H and O–H groups in total. The third-order valence-corrected chi connectivity index (χ3v) is 4.77. The molecule has 3 heteroatoms. The van der Waals surface area contributed by atoms with Crippen LogP contribution in [-0.2, 0) is 0 Å². The smallest absolute Gasteiger partial charge is 0.0470 e. The van der Waals surface area contributed by atoms with Gasteiger partial charge in [-0.15, -0.1) is 0 Å². The lowest BCUT2D eigenvalue weighted by atomic mass is 10.0.